The summed E-state index contributed by atoms with van der Waals surface area (Å²) in [5.74, 6) is 0. The molecule has 0 atom stereocenters. The van der Waals surface area contributed by atoms with Gasteiger partial charge < -0.3 is 0 Å². The van der Waals surface area contributed by atoms with Crippen molar-refractivity contribution < 1.29 is 8.42 Å². The average Bonchev–Trinajstić information content (AvgIpc) is 2.76. The lowest BCUT2D eigenvalue weighted by molar-refractivity contribution is 0.601. The quantitative estimate of drug-likeness (QED) is 0.929. The zero-order chi connectivity index (χ0) is 13.2. The fourth-order valence-corrected chi connectivity index (χ4v) is 2.82. The third-order valence-electron chi connectivity index (χ3n) is 2.23. The Labute approximate surface area is 110 Å². The molecule has 6 nitrogen and oxygen atoms in total. The van der Waals surface area contributed by atoms with Gasteiger partial charge in [0.05, 0.1) is 16.9 Å². The highest BCUT2D eigenvalue weighted by atomic mass is 35.5. The molecule has 0 saturated heterocycles. The monoisotopic (exact) mass is 286 g/mol. The number of rotatable bonds is 4. The predicted molar refractivity (Wildman–Crippen MR) is 68.0 cm³/mol. The van der Waals surface area contributed by atoms with Gasteiger partial charge >= 0.3 is 0 Å². The summed E-state index contributed by atoms with van der Waals surface area (Å²) in [6.45, 7) is 2.57. The largest absolute Gasteiger partial charge is 0.276 e. The highest BCUT2D eigenvalue weighted by Gasteiger charge is 2.18. The minimum Gasteiger partial charge on any atom is -0.276 e. The zero-order valence-corrected chi connectivity index (χ0v) is 11.1. The molecule has 0 fully saturated rings. The Morgan fingerprint density at radius 1 is 1.44 bits per heavy atom. The normalized spacial score (nSPS) is 11.4. The second kappa shape index (κ2) is 4.95. The number of halogens is 1. The van der Waals surface area contributed by atoms with Crippen LogP contribution >= 0.6 is 11.6 Å². The van der Waals surface area contributed by atoms with Crippen molar-refractivity contribution in [1.82, 2.24) is 14.8 Å². The van der Waals surface area contributed by atoms with Gasteiger partial charge in [-0.05, 0) is 13.0 Å². The van der Waals surface area contributed by atoms with Crippen molar-refractivity contribution in [2.24, 2.45) is 0 Å². The van der Waals surface area contributed by atoms with Crippen LogP contribution in [0.25, 0.3) is 0 Å². The molecule has 96 valence electrons. The van der Waals surface area contributed by atoms with Crippen LogP contribution in [0, 0.1) is 0 Å². The van der Waals surface area contributed by atoms with Crippen LogP contribution in [0.15, 0.2) is 35.7 Å². The molecule has 2 aromatic heterocycles. The minimum atomic E-state index is -3.74. The van der Waals surface area contributed by atoms with Crippen LogP contribution < -0.4 is 4.72 Å². The summed E-state index contributed by atoms with van der Waals surface area (Å²) in [4.78, 5) is 3.69. The highest BCUT2D eigenvalue weighted by molar-refractivity contribution is 7.92. The summed E-state index contributed by atoms with van der Waals surface area (Å²) in [7, 11) is -3.74. The molecule has 0 amide bonds. The summed E-state index contributed by atoms with van der Waals surface area (Å²) in [5.41, 5.74) is 0.386. The lowest BCUT2D eigenvalue weighted by atomic mass is 10.5. The third kappa shape index (κ3) is 2.62. The molecule has 0 spiro atoms. The van der Waals surface area contributed by atoms with Gasteiger partial charge in [0.25, 0.3) is 10.0 Å². The second-order valence-electron chi connectivity index (χ2n) is 3.50. The maximum Gasteiger partial charge on any atom is 0.265 e. The topological polar surface area (TPSA) is 76.9 Å². The fraction of sp³-hybridized carbons (Fsp3) is 0.200. The van der Waals surface area contributed by atoms with Gasteiger partial charge in [-0.1, -0.05) is 11.6 Å². The summed E-state index contributed by atoms with van der Waals surface area (Å²) >= 11 is 5.83. The Balaban J connectivity index is 2.30. The number of hydrogen-bond acceptors (Lipinski definition) is 4. The van der Waals surface area contributed by atoms with Crippen molar-refractivity contribution in [3.8, 4) is 0 Å². The molecule has 0 saturated carbocycles. The van der Waals surface area contributed by atoms with Gasteiger partial charge in [-0.15, -0.1) is 0 Å². The van der Waals surface area contributed by atoms with Crippen LogP contribution in [0.1, 0.15) is 6.92 Å². The zero-order valence-electron chi connectivity index (χ0n) is 9.54. The number of hydrogen-bond donors (Lipinski definition) is 1. The number of sulfonamides is 1. The van der Waals surface area contributed by atoms with Gasteiger partial charge in [0.2, 0.25) is 0 Å². The molecular formula is C10H11ClN4O2S. The summed E-state index contributed by atoms with van der Waals surface area (Å²) in [5, 5.41) is 4.10. The van der Waals surface area contributed by atoms with E-state index in [0.717, 1.165) is 0 Å². The van der Waals surface area contributed by atoms with Crippen LogP contribution in [-0.4, -0.2) is 23.2 Å². The molecule has 0 aromatic carbocycles. The van der Waals surface area contributed by atoms with Gasteiger partial charge in [0.1, 0.15) is 4.90 Å². The first-order valence-corrected chi connectivity index (χ1v) is 7.04. The van der Waals surface area contributed by atoms with E-state index in [1.165, 1.54) is 24.7 Å². The van der Waals surface area contributed by atoms with E-state index in [-0.39, 0.29) is 9.92 Å². The van der Waals surface area contributed by atoms with Gasteiger partial charge in [-0.25, -0.2) is 8.42 Å². The van der Waals surface area contributed by atoms with E-state index >= 15 is 0 Å². The van der Waals surface area contributed by atoms with E-state index in [2.05, 4.69) is 14.8 Å². The molecule has 2 rings (SSSR count). The van der Waals surface area contributed by atoms with E-state index in [4.69, 9.17) is 11.6 Å². The highest BCUT2D eigenvalue weighted by Crippen LogP contribution is 2.21. The van der Waals surface area contributed by atoms with Gasteiger partial charge in [-0.3, -0.25) is 14.4 Å². The molecule has 8 heteroatoms. The summed E-state index contributed by atoms with van der Waals surface area (Å²) in [6, 6.07) is 1.42. The molecule has 0 bridgehead atoms. The molecule has 2 heterocycles. The van der Waals surface area contributed by atoms with Crippen LogP contribution in [-0.2, 0) is 16.6 Å². The van der Waals surface area contributed by atoms with Gasteiger partial charge in [0, 0.05) is 25.1 Å². The lowest BCUT2D eigenvalue weighted by Gasteiger charge is -2.06. The standard InChI is InChI=1S/C10H11ClN4O2S/c1-2-15-7-8(5-13-15)14-18(16,17)10-6-12-4-3-9(10)11/h3-7,14H,2H2,1H3. The Morgan fingerprint density at radius 2 is 2.22 bits per heavy atom. The maximum absolute atomic E-state index is 12.0. The molecular weight excluding hydrogens is 276 g/mol. The van der Waals surface area contributed by atoms with E-state index in [0.29, 0.717) is 12.2 Å². The second-order valence-corrected chi connectivity index (χ2v) is 5.55. The van der Waals surface area contributed by atoms with Crippen LogP contribution in [0.5, 0.6) is 0 Å². The Morgan fingerprint density at radius 3 is 2.83 bits per heavy atom. The number of aromatic nitrogens is 3. The smallest absolute Gasteiger partial charge is 0.265 e. The molecule has 0 aliphatic heterocycles. The number of aryl methyl sites for hydroxylation is 1. The van der Waals surface area contributed by atoms with Crippen molar-refractivity contribution in [3.05, 3.63) is 35.9 Å². The number of anilines is 1. The van der Waals surface area contributed by atoms with Crippen LogP contribution in [0.2, 0.25) is 5.02 Å². The SMILES string of the molecule is CCn1cc(NS(=O)(=O)c2cnccc2Cl)cn1. The van der Waals surface area contributed by atoms with E-state index in [1.807, 2.05) is 6.92 Å². The maximum atomic E-state index is 12.0. The third-order valence-corrected chi connectivity index (χ3v) is 4.08. The number of nitrogens with one attached hydrogen (secondary N) is 1. The van der Waals surface area contributed by atoms with E-state index < -0.39 is 10.0 Å². The van der Waals surface area contributed by atoms with Crippen molar-refractivity contribution in [2.75, 3.05) is 4.72 Å². The van der Waals surface area contributed by atoms with E-state index in [9.17, 15) is 8.42 Å². The Kier molecular flexibility index (Phi) is 3.53. The van der Waals surface area contributed by atoms with Crippen molar-refractivity contribution in [1.29, 1.82) is 0 Å². The lowest BCUT2D eigenvalue weighted by Crippen LogP contribution is -2.13. The Hall–Kier alpha value is -1.60. The molecule has 0 aliphatic rings. The van der Waals surface area contributed by atoms with Crippen molar-refractivity contribution in [2.45, 2.75) is 18.4 Å². The first-order valence-electron chi connectivity index (χ1n) is 5.17. The number of pyridine rings is 1. The molecule has 18 heavy (non-hydrogen) atoms. The summed E-state index contributed by atoms with van der Waals surface area (Å²) < 4.78 is 28.1. The van der Waals surface area contributed by atoms with Crippen molar-refractivity contribution in [3.63, 3.8) is 0 Å². The molecule has 0 radical (unpaired) electrons. The van der Waals surface area contributed by atoms with Gasteiger partial charge in [-0.2, -0.15) is 5.10 Å². The van der Waals surface area contributed by atoms with E-state index in [1.54, 1.807) is 10.9 Å². The first-order chi connectivity index (χ1) is 8.53. The van der Waals surface area contributed by atoms with Gasteiger partial charge in [0.15, 0.2) is 0 Å². The molecule has 0 unspecified atom stereocenters. The molecule has 2 aromatic rings. The van der Waals surface area contributed by atoms with Crippen LogP contribution in [0.3, 0.4) is 0 Å². The fourth-order valence-electron chi connectivity index (χ4n) is 1.36. The predicted octanol–water partition coefficient (Wildman–Crippen LogP) is 1.75. The average molecular weight is 287 g/mol. The molecule has 1 N–H and O–H groups in total. The number of nitrogens with zero attached hydrogens (tertiary/aromatic N) is 3. The van der Waals surface area contributed by atoms with Crippen LogP contribution in [0.4, 0.5) is 5.69 Å². The minimum absolute atomic E-state index is 0.0593. The summed E-state index contributed by atoms with van der Waals surface area (Å²) in [6.07, 6.45) is 5.67. The first kappa shape index (κ1) is 12.8. The molecule has 0 aliphatic carbocycles. The Bertz CT molecular complexity index is 653. The van der Waals surface area contributed by atoms with Crippen molar-refractivity contribution >= 4 is 27.3 Å².